The van der Waals surface area contributed by atoms with E-state index in [1.165, 1.54) is 19.3 Å². The van der Waals surface area contributed by atoms with E-state index in [2.05, 4.69) is 27.7 Å². The second-order valence-electron chi connectivity index (χ2n) is 4.46. The minimum Gasteiger partial charge on any atom is -0.372 e. The van der Waals surface area contributed by atoms with Crippen molar-refractivity contribution in [2.24, 2.45) is 5.92 Å². The maximum atomic E-state index is 5.99. The largest absolute Gasteiger partial charge is 0.372 e. The molecule has 0 saturated heterocycles. The smallest absolute Gasteiger partial charge is 0.0683 e. The standard InChI is InChI=1S/C11H22O/c1-5-11(4,12-9(2)3)10-7-6-8-10/h9-10H,5-8H2,1-4H3. The van der Waals surface area contributed by atoms with Gasteiger partial charge in [0.05, 0.1) is 11.7 Å². The van der Waals surface area contributed by atoms with Crippen LogP contribution in [0.3, 0.4) is 0 Å². The van der Waals surface area contributed by atoms with Gasteiger partial charge in [0.15, 0.2) is 0 Å². The van der Waals surface area contributed by atoms with Gasteiger partial charge in [0.25, 0.3) is 0 Å². The lowest BCUT2D eigenvalue weighted by atomic mass is 9.72. The number of ether oxygens (including phenoxy) is 1. The summed E-state index contributed by atoms with van der Waals surface area (Å²) in [6.07, 6.45) is 5.67. The highest BCUT2D eigenvalue weighted by atomic mass is 16.5. The average Bonchev–Trinajstić information content (AvgIpc) is 1.81. The summed E-state index contributed by atoms with van der Waals surface area (Å²) in [5.41, 5.74) is 0.159. The molecule has 1 saturated carbocycles. The number of hydrogen-bond acceptors (Lipinski definition) is 1. The van der Waals surface area contributed by atoms with Crippen LogP contribution in [0.25, 0.3) is 0 Å². The third-order valence-electron chi connectivity index (χ3n) is 3.18. The molecule has 0 bridgehead atoms. The average molecular weight is 170 g/mol. The topological polar surface area (TPSA) is 9.23 Å². The SMILES string of the molecule is CCC(C)(OC(C)C)C1CCC1. The van der Waals surface area contributed by atoms with E-state index >= 15 is 0 Å². The first-order chi connectivity index (χ1) is 5.58. The van der Waals surface area contributed by atoms with Gasteiger partial charge in [-0.2, -0.15) is 0 Å². The van der Waals surface area contributed by atoms with Gasteiger partial charge in [0.2, 0.25) is 0 Å². The van der Waals surface area contributed by atoms with Gasteiger partial charge in [-0.05, 0) is 46.0 Å². The Kier molecular flexibility index (Phi) is 3.16. The predicted octanol–water partition coefficient (Wildman–Crippen LogP) is 3.38. The van der Waals surface area contributed by atoms with Crippen molar-refractivity contribution in [3.63, 3.8) is 0 Å². The molecule has 0 aromatic carbocycles. The van der Waals surface area contributed by atoms with Crippen LogP contribution < -0.4 is 0 Å². The minimum atomic E-state index is 0.159. The van der Waals surface area contributed by atoms with Crippen molar-refractivity contribution in [3.8, 4) is 0 Å². The minimum absolute atomic E-state index is 0.159. The van der Waals surface area contributed by atoms with E-state index in [1.54, 1.807) is 0 Å². The Balaban J connectivity index is 2.48. The summed E-state index contributed by atoms with van der Waals surface area (Å²) in [6.45, 7) is 8.77. The lowest BCUT2D eigenvalue weighted by molar-refractivity contribution is -0.125. The molecule has 0 aliphatic heterocycles. The molecule has 0 heterocycles. The molecule has 1 aliphatic rings. The van der Waals surface area contributed by atoms with E-state index in [9.17, 15) is 0 Å². The quantitative estimate of drug-likeness (QED) is 0.628. The summed E-state index contributed by atoms with van der Waals surface area (Å²) in [5, 5.41) is 0. The monoisotopic (exact) mass is 170 g/mol. The van der Waals surface area contributed by atoms with E-state index in [1.807, 2.05) is 0 Å². The summed E-state index contributed by atoms with van der Waals surface area (Å²) in [4.78, 5) is 0. The molecule has 0 amide bonds. The van der Waals surface area contributed by atoms with Gasteiger partial charge >= 0.3 is 0 Å². The van der Waals surface area contributed by atoms with Crippen LogP contribution in [-0.2, 0) is 4.74 Å². The normalized spacial score (nSPS) is 23.8. The molecule has 0 spiro atoms. The lowest BCUT2D eigenvalue weighted by Gasteiger charge is -2.43. The lowest BCUT2D eigenvalue weighted by Crippen LogP contribution is -2.42. The van der Waals surface area contributed by atoms with E-state index in [-0.39, 0.29) is 5.60 Å². The third kappa shape index (κ3) is 2.01. The first-order valence-electron chi connectivity index (χ1n) is 5.26. The molecular weight excluding hydrogens is 148 g/mol. The van der Waals surface area contributed by atoms with Crippen LogP contribution in [-0.4, -0.2) is 11.7 Å². The summed E-state index contributed by atoms with van der Waals surface area (Å²) in [7, 11) is 0. The zero-order valence-corrected chi connectivity index (χ0v) is 8.89. The fourth-order valence-corrected chi connectivity index (χ4v) is 2.03. The van der Waals surface area contributed by atoms with Gasteiger partial charge < -0.3 is 4.74 Å². The second kappa shape index (κ2) is 3.78. The zero-order chi connectivity index (χ0) is 9.19. The highest BCUT2D eigenvalue weighted by molar-refractivity contribution is 4.88. The van der Waals surface area contributed by atoms with Gasteiger partial charge in [-0.3, -0.25) is 0 Å². The Morgan fingerprint density at radius 2 is 2.00 bits per heavy atom. The van der Waals surface area contributed by atoms with Crippen molar-refractivity contribution in [1.82, 2.24) is 0 Å². The van der Waals surface area contributed by atoms with Crippen LogP contribution in [0, 0.1) is 5.92 Å². The highest BCUT2D eigenvalue weighted by Crippen LogP contribution is 2.40. The first-order valence-corrected chi connectivity index (χ1v) is 5.26. The van der Waals surface area contributed by atoms with E-state index in [4.69, 9.17) is 4.74 Å². The molecule has 1 atom stereocenters. The van der Waals surface area contributed by atoms with E-state index < -0.39 is 0 Å². The zero-order valence-electron chi connectivity index (χ0n) is 8.89. The van der Waals surface area contributed by atoms with Crippen LogP contribution in [0.15, 0.2) is 0 Å². The molecule has 1 heteroatoms. The Hall–Kier alpha value is -0.0400. The molecule has 0 N–H and O–H groups in total. The summed E-state index contributed by atoms with van der Waals surface area (Å²) < 4.78 is 5.99. The van der Waals surface area contributed by atoms with Crippen molar-refractivity contribution in [2.45, 2.75) is 65.1 Å². The van der Waals surface area contributed by atoms with Crippen LogP contribution in [0.1, 0.15) is 53.4 Å². The Morgan fingerprint density at radius 3 is 2.25 bits per heavy atom. The molecule has 72 valence electrons. The van der Waals surface area contributed by atoms with Crippen molar-refractivity contribution in [2.75, 3.05) is 0 Å². The molecule has 0 aromatic rings. The van der Waals surface area contributed by atoms with Crippen LogP contribution in [0.5, 0.6) is 0 Å². The molecular formula is C11H22O. The summed E-state index contributed by atoms with van der Waals surface area (Å²) >= 11 is 0. The fraction of sp³-hybridized carbons (Fsp3) is 1.00. The van der Waals surface area contributed by atoms with Crippen LogP contribution >= 0.6 is 0 Å². The summed E-state index contributed by atoms with van der Waals surface area (Å²) in [6, 6.07) is 0. The maximum Gasteiger partial charge on any atom is 0.0683 e. The molecule has 0 aromatic heterocycles. The highest BCUT2D eigenvalue weighted by Gasteiger charge is 2.37. The number of rotatable bonds is 4. The van der Waals surface area contributed by atoms with Crippen molar-refractivity contribution in [3.05, 3.63) is 0 Å². The van der Waals surface area contributed by atoms with Crippen molar-refractivity contribution in [1.29, 1.82) is 0 Å². The van der Waals surface area contributed by atoms with E-state index in [0.717, 1.165) is 12.3 Å². The predicted molar refractivity (Wildman–Crippen MR) is 52.3 cm³/mol. The van der Waals surface area contributed by atoms with Crippen LogP contribution in [0.4, 0.5) is 0 Å². The first kappa shape index (κ1) is 10.0. The molecule has 1 rings (SSSR count). The van der Waals surface area contributed by atoms with E-state index in [0.29, 0.717) is 6.10 Å². The molecule has 0 radical (unpaired) electrons. The van der Waals surface area contributed by atoms with Crippen molar-refractivity contribution >= 4 is 0 Å². The van der Waals surface area contributed by atoms with Crippen LogP contribution in [0.2, 0.25) is 0 Å². The van der Waals surface area contributed by atoms with Gasteiger partial charge in [-0.15, -0.1) is 0 Å². The van der Waals surface area contributed by atoms with Gasteiger partial charge in [0, 0.05) is 0 Å². The van der Waals surface area contributed by atoms with Crippen molar-refractivity contribution < 1.29 is 4.74 Å². The van der Waals surface area contributed by atoms with Gasteiger partial charge in [-0.1, -0.05) is 13.3 Å². The maximum absolute atomic E-state index is 5.99. The molecule has 12 heavy (non-hydrogen) atoms. The fourth-order valence-electron chi connectivity index (χ4n) is 2.03. The molecule has 1 unspecified atom stereocenters. The Bertz CT molecular complexity index is 138. The Morgan fingerprint density at radius 1 is 1.42 bits per heavy atom. The molecule has 1 aliphatic carbocycles. The third-order valence-corrected chi connectivity index (χ3v) is 3.18. The van der Waals surface area contributed by atoms with Gasteiger partial charge in [0.1, 0.15) is 0 Å². The second-order valence-corrected chi connectivity index (χ2v) is 4.46. The number of hydrogen-bond donors (Lipinski definition) is 0. The summed E-state index contributed by atoms with van der Waals surface area (Å²) in [5.74, 6) is 0.824. The Labute approximate surface area is 76.5 Å². The molecule has 1 nitrogen and oxygen atoms in total. The van der Waals surface area contributed by atoms with Gasteiger partial charge in [-0.25, -0.2) is 0 Å². The molecule has 1 fully saturated rings.